The van der Waals surface area contributed by atoms with Crippen molar-refractivity contribution in [3.8, 4) is 0 Å². The summed E-state index contributed by atoms with van der Waals surface area (Å²) in [6, 6.07) is 0.722. The Balaban J connectivity index is 3.84. The largest absolute Gasteiger partial charge is 0.502 e. The fourth-order valence-electron chi connectivity index (χ4n) is 0.783. The van der Waals surface area contributed by atoms with Gasteiger partial charge < -0.3 is 17.7 Å². The first-order chi connectivity index (χ1) is 5.24. The van der Waals surface area contributed by atoms with E-state index in [9.17, 15) is 0 Å². The fourth-order valence-corrected chi connectivity index (χ4v) is 2.96. The Kier molecular flexibility index (Phi) is 6.01. The maximum Gasteiger partial charge on any atom is 0.502 e. The van der Waals surface area contributed by atoms with Gasteiger partial charge in [0.2, 0.25) is 0 Å². The smallest absolute Gasteiger partial charge is 0.428 e. The predicted molar refractivity (Wildman–Crippen MR) is 47.5 cm³/mol. The van der Waals surface area contributed by atoms with Crippen LogP contribution in [0, 0.1) is 0 Å². The molecule has 0 aromatic heterocycles. The molecule has 0 saturated carbocycles. The zero-order valence-corrected chi connectivity index (χ0v) is 10.5. The van der Waals surface area contributed by atoms with Crippen molar-refractivity contribution in [2.45, 2.75) is 6.04 Å². The molecule has 6 heteroatoms. The van der Waals surface area contributed by atoms with E-state index < -0.39 is 8.80 Å². The third-order valence-corrected chi connectivity index (χ3v) is 4.64. The molecule has 0 aromatic rings. The molecule has 0 saturated heterocycles. The van der Waals surface area contributed by atoms with Crippen LogP contribution in [0.1, 0.15) is 0 Å². The van der Waals surface area contributed by atoms with E-state index in [-0.39, 0.29) is 0 Å². The summed E-state index contributed by atoms with van der Waals surface area (Å²) in [7, 11) is 3.21. The normalized spacial score (nSPS) is 12.3. The van der Waals surface area contributed by atoms with Crippen LogP contribution in [0.25, 0.3) is 0 Å². The molecule has 0 atom stereocenters. The van der Waals surface area contributed by atoms with Crippen molar-refractivity contribution >= 4 is 19.3 Å². The summed E-state index contributed by atoms with van der Waals surface area (Å²) in [5.74, 6) is 0. The minimum Gasteiger partial charge on any atom is -0.428 e. The molecule has 11 heavy (non-hydrogen) atoms. The maximum absolute atomic E-state index is 5.17. The fraction of sp³-hybridized carbons (Fsp3) is 1.00. The first-order valence-corrected chi connectivity index (χ1v) is 6.14. The second kappa shape index (κ2) is 5.87. The van der Waals surface area contributed by atoms with Crippen molar-refractivity contribution in [3.05, 3.63) is 0 Å². The molecule has 0 fully saturated rings. The average molecular weight is 196 g/mol. The molecule has 0 bridgehead atoms. The van der Waals surface area contributed by atoms with Crippen LogP contribution < -0.4 is 0 Å². The summed E-state index contributed by atoms with van der Waals surface area (Å²) in [4.78, 5) is 0. The molecular formula is C5H16O4Si2. The quantitative estimate of drug-likeness (QED) is 0.519. The molecule has 0 N–H and O–H groups in total. The molecule has 0 unspecified atom stereocenters. The van der Waals surface area contributed by atoms with Gasteiger partial charge in [-0.25, -0.2) is 0 Å². The summed E-state index contributed by atoms with van der Waals surface area (Å²) in [6.45, 7) is 0.661. The van der Waals surface area contributed by atoms with E-state index in [0.717, 1.165) is 16.5 Å². The third kappa shape index (κ3) is 3.45. The maximum atomic E-state index is 5.17. The van der Waals surface area contributed by atoms with Gasteiger partial charge in [-0.2, -0.15) is 0 Å². The first-order valence-electron chi connectivity index (χ1n) is 3.39. The van der Waals surface area contributed by atoms with Crippen molar-refractivity contribution in [2.24, 2.45) is 0 Å². The van der Waals surface area contributed by atoms with Crippen LogP contribution in [0.2, 0.25) is 6.04 Å². The minimum atomic E-state index is -2.34. The lowest BCUT2D eigenvalue weighted by Crippen LogP contribution is -2.43. The summed E-state index contributed by atoms with van der Waals surface area (Å²) in [5, 5.41) is 0. The lowest BCUT2D eigenvalue weighted by molar-refractivity contribution is 0.118. The molecule has 0 aliphatic carbocycles. The molecule has 0 aliphatic rings. The van der Waals surface area contributed by atoms with Gasteiger partial charge in [-0.15, -0.1) is 0 Å². The molecule has 0 heterocycles. The highest BCUT2D eigenvalue weighted by atomic mass is 28.4. The van der Waals surface area contributed by atoms with E-state index in [2.05, 4.69) is 0 Å². The van der Waals surface area contributed by atoms with Gasteiger partial charge in [0.25, 0.3) is 0 Å². The van der Waals surface area contributed by atoms with Gasteiger partial charge in [0, 0.05) is 34.0 Å². The Labute approximate surface area is 71.7 Å². The Hall–Kier alpha value is 0.274. The predicted octanol–water partition coefficient (Wildman–Crippen LogP) is -0.839. The molecule has 0 amide bonds. The van der Waals surface area contributed by atoms with E-state index in [1.165, 1.54) is 0 Å². The second-order valence-corrected chi connectivity index (χ2v) is 5.71. The van der Waals surface area contributed by atoms with Crippen LogP contribution in [-0.4, -0.2) is 47.2 Å². The minimum absolute atomic E-state index is 0.661. The van der Waals surface area contributed by atoms with Gasteiger partial charge >= 0.3 is 8.80 Å². The van der Waals surface area contributed by atoms with Gasteiger partial charge in [0.1, 0.15) is 10.5 Å². The average Bonchev–Trinajstić information content (AvgIpc) is 2.08. The van der Waals surface area contributed by atoms with E-state index in [4.69, 9.17) is 17.7 Å². The molecule has 0 radical (unpaired) electrons. The SMILES string of the molecule is CO[Si](CCO[SiH3])(OC)OC. The van der Waals surface area contributed by atoms with Gasteiger partial charge in [-0.1, -0.05) is 0 Å². The van der Waals surface area contributed by atoms with Crippen LogP contribution in [0.3, 0.4) is 0 Å². The third-order valence-electron chi connectivity index (χ3n) is 1.55. The van der Waals surface area contributed by atoms with Crippen LogP contribution in [-0.2, 0) is 17.7 Å². The molecule has 4 nitrogen and oxygen atoms in total. The molecule has 0 rings (SSSR count). The Morgan fingerprint density at radius 3 is 1.82 bits per heavy atom. The number of hydrogen-bond donors (Lipinski definition) is 0. The van der Waals surface area contributed by atoms with E-state index in [0.29, 0.717) is 6.61 Å². The van der Waals surface area contributed by atoms with Crippen LogP contribution in [0.4, 0.5) is 0 Å². The number of rotatable bonds is 6. The van der Waals surface area contributed by atoms with Crippen molar-refractivity contribution in [2.75, 3.05) is 27.9 Å². The molecule has 0 aromatic carbocycles. The van der Waals surface area contributed by atoms with Crippen molar-refractivity contribution in [1.82, 2.24) is 0 Å². The monoisotopic (exact) mass is 196 g/mol. The molecule has 0 aliphatic heterocycles. The van der Waals surface area contributed by atoms with Crippen LogP contribution >= 0.6 is 0 Å². The van der Waals surface area contributed by atoms with Crippen LogP contribution in [0.5, 0.6) is 0 Å². The van der Waals surface area contributed by atoms with Crippen molar-refractivity contribution in [1.29, 1.82) is 0 Å². The summed E-state index contributed by atoms with van der Waals surface area (Å²) in [6.07, 6.45) is 0. The summed E-state index contributed by atoms with van der Waals surface area (Å²) in [5.41, 5.74) is 0. The zero-order chi connectivity index (χ0) is 8.74. The van der Waals surface area contributed by atoms with Gasteiger partial charge in [-0.3, -0.25) is 0 Å². The van der Waals surface area contributed by atoms with Crippen LogP contribution in [0.15, 0.2) is 0 Å². The van der Waals surface area contributed by atoms with Gasteiger partial charge in [0.05, 0.1) is 0 Å². The lowest BCUT2D eigenvalue weighted by Gasteiger charge is -2.23. The van der Waals surface area contributed by atoms with E-state index in [1.54, 1.807) is 21.3 Å². The van der Waals surface area contributed by atoms with Gasteiger partial charge in [0.15, 0.2) is 0 Å². The highest BCUT2D eigenvalue weighted by molar-refractivity contribution is 6.60. The van der Waals surface area contributed by atoms with E-state index >= 15 is 0 Å². The summed E-state index contributed by atoms with van der Waals surface area (Å²) < 4.78 is 20.5. The van der Waals surface area contributed by atoms with Crippen molar-refractivity contribution < 1.29 is 17.7 Å². The topological polar surface area (TPSA) is 36.9 Å². The van der Waals surface area contributed by atoms with Gasteiger partial charge in [-0.05, 0) is 0 Å². The highest BCUT2D eigenvalue weighted by Gasteiger charge is 2.36. The Morgan fingerprint density at radius 2 is 1.55 bits per heavy atom. The Bertz CT molecular complexity index is 88.2. The molecular weight excluding hydrogens is 180 g/mol. The number of hydrogen-bond acceptors (Lipinski definition) is 4. The Morgan fingerprint density at radius 1 is 1.09 bits per heavy atom. The lowest BCUT2D eigenvalue weighted by atomic mass is 10.9. The standard InChI is InChI=1S/C5H16O4Si2/c1-6-11(7-2,8-3)5-4-9-10/h4-5H2,1-3,10H3. The molecule has 68 valence electrons. The first kappa shape index (κ1) is 11.3. The second-order valence-electron chi connectivity index (χ2n) is 2.04. The zero-order valence-electron chi connectivity index (χ0n) is 7.55. The van der Waals surface area contributed by atoms with Crippen molar-refractivity contribution in [3.63, 3.8) is 0 Å². The summed E-state index contributed by atoms with van der Waals surface area (Å²) >= 11 is 0. The molecule has 0 spiro atoms. The highest BCUT2D eigenvalue weighted by Crippen LogP contribution is 2.11. The van der Waals surface area contributed by atoms with E-state index in [1.807, 2.05) is 0 Å².